The molecule has 0 spiro atoms. The molecule has 0 bridgehead atoms. The molecule has 1 aliphatic heterocycles. The Morgan fingerprint density at radius 3 is 2.52 bits per heavy atom. The summed E-state index contributed by atoms with van der Waals surface area (Å²) < 4.78 is 5.31. The summed E-state index contributed by atoms with van der Waals surface area (Å²) in [6.07, 6.45) is 1.50. The van der Waals surface area contributed by atoms with Crippen LogP contribution in [0.25, 0.3) is 0 Å². The number of rotatable bonds is 6. The summed E-state index contributed by atoms with van der Waals surface area (Å²) in [5.41, 5.74) is 1.67. The zero-order valence-corrected chi connectivity index (χ0v) is 15.6. The zero-order chi connectivity index (χ0) is 18.4. The lowest BCUT2D eigenvalue weighted by atomic mass is 9.78. The Morgan fingerprint density at radius 2 is 1.96 bits per heavy atom. The number of amides is 2. The van der Waals surface area contributed by atoms with E-state index in [4.69, 9.17) is 4.74 Å². The topological polar surface area (TPSA) is 79.5 Å². The summed E-state index contributed by atoms with van der Waals surface area (Å²) in [6, 6.07) is 5.46. The molecule has 0 atom stereocenters. The highest BCUT2D eigenvalue weighted by atomic mass is 16.5. The van der Waals surface area contributed by atoms with Crippen LogP contribution in [0.15, 0.2) is 18.2 Å². The van der Waals surface area contributed by atoms with Crippen molar-refractivity contribution in [3.63, 3.8) is 0 Å². The second kappa shape index (κ2) is 8.45. The Morgan fingerprint density at radius 1 is 1.28 bits per heavy atom. The van der Waals surface area contributed by atoms with Gasteiger partial charge < -0.3 is 20.7 Å². The van der Waals surface area contributed by atoms with Gasteiger partial charge in [-0.25, -0.2) is 0 Å². The van der Waals surface area contributed by atoms with Gasteiger partial charge in [0.2, 0.25) is 5.91 Å². The number of nitrogens with one attached hydrogen (secondary N) is 3. The Kier molecular flexibility index (Phi) is 6.56. The van der Waals surface area contributed by atoms with Gasteiger partial charge in [-0.2, -0.15) is 0 Å². The lowest BCUT2D eigenvalue weighted by molar-refractivity contribution is -0.130. The molecule has 0 unspecified atom stereocenters. The van der Waals surface area contributed by atoms with Crippen LogP contribution >= 0.6 is 0 Å². The first-order valence-corrected chi connectivity index (χ1v) is 8.80. The van der Waals surface area contributed by atoms with E-state index in [1.165, 1.54) is 0 Å². The molecule has 138 valence electrons. The summed E-state index contributed by atoms with van der Waals surface area (Å²) in [6.45, 7) is 7.76. The van der Waals surface area contributed by atoms with Gasteiger partial charge in [-0.15, -0.1) is 0 Å². The normalized spacial score (nSPS) is 16.5. The fourth-order valence-electron chi connectivity index (χ4n) is 3.22. The van der Waals surface area contributed by atoms with Crippen LogP contribution in [-0.4, -0.2) is 44.7 Å². The van der Waals surface area contributed by atoms with Crippen LogP contribution in [0.5, 0.6) is 0 Å². The van der Waals surface area contributed by atoms with E-state index >= 15 is 0 Å². The summed E-state index contributed by atoms with van der Waals surface area (Å²) in [5, 5.41) is 9.17. The molecule has 1 aliphatic rings. The summed E-state index contributed by atoms with van der Waals surface area (Å²) in [7, 11) is 1.63. The maximum atomic E-state index is 12.9. The van der Waals surface area contributed by atoms with Crippen molar-refractivity contribution in [3.8, 4) is 0 Å². The molecule has 1 saturated heterocycles. The molecular formula is C19H29N3O3. The molecule has 25 heavy (non-hydrogen) atoms. The van der Waals surface area contributed by atoms with E-state index in [2.05, 4.69) is 16.0 Å². The van der Waals surface area contributed by atoms with Crippen molar-refractivity contribution >= 4 is 17.5 Å². The van der Waals surface area contributed by atoms with Crippen molar-refractivity contribution < 1.29 is 14.3 Å². The van der Waals surface area contributed by atoms with E-state index in [1.54, 1.807) is 19.2 Å². The SMILES string of the molecule is COCC1(C(=O)Nc2ccc(C(=O)NC(C)C)c(C)c2)CCNCC1. The second-order valence-corrected chi connectivity index (χ2v) is 7.08. The number of piperidine rings is 1. The van der Waals surface area contributed by atoms with Crippen LogP contribution < -0.4 is 16.0 Å². The first-order chi connectivity index (χ1) is 11.9. The van der Waals surface area contributed by atoms with E-state index in [9.17, 15) is 9.59 Å². The van der Waals surface area contributed by atoms with Gasteiger partial charge in [0.1, 0.15) is 0 Å². The minimum absolute atomic E-state index is 0.0189. The Labute approximate surface area is 149 Å². The van der Waals surface area contributed by atoms with Crippen LogP contribution in [0, 0.1) is 12.3 Å². The first kappa shape index (κ1) is 19.4. The van der Waals surface area contributed by atoms with Gasteiger partial charge in [-0.3, -0.25) is 9.59 Å². The summed E-state index contributed by atoms with van der Waals surface area (Å²) >= 11 is 0. The highest BCUT2D eigenvalue weighted by Gasteiger charge is 2.39. The first-order valence-electron chi connectivity index (χ1n) is 8.80. The summed E-state index contributed by atoms with van der Waals surface area (Å²) in [4.78, 5) is 25.0. The molecule has 0 aromatic heterocycles. The maximum absolute atomic E-state index is 12.9. The highest BCUT2D eigenvalue weighted by Crippen LogP contribution is 2.31. The highest BCUT2D eigenvalue weighted by molar-refractivity contribution is 5.98. The molecule has 3 N–H and O–H groups in total. The second-order valence-electron chi connectivity index (χ2n) is 7.08. The molecule has 1 fully saturated rings. The number of carbonyl (C=O) groups excluding carboxylic acids is 2. The quantitative estimate of drug-likeness (QED) is 0.736. The lowest BCUT2D eigenvalue weighted by Crippen LogP contribution is -2.47. The Bertz CT molecular complexity index is 617. The molecule has 1 heterocycles. The van der Waals surface area contributed by atoms with E-state index in [1.807, 2.05) is 26.8 Å². The van der Waals surface area contributed by atoms with Crippen LogP contribution in [0.3, 0.4) is 0 Å². The van der Waals surface area contributed by atoms with Crippen LogP contribution in [0.4, 0.5) is 5.69 Å². The van der Waals surface area contributed by atoms with E-state index in [0.29, 0.717) is 17.9 Å². The third-order valence-corrected chi connectivity index (χ3v) is 4.61. The van der Waals surface area contributed by atoms with E-state index in [-0.39, 0.29) is 17.9 Å². The zero-order valence-electron chi connectivity index (χ0n) is 15.6. The average Bonchev–Trinajstić information content (AvgIpc) is 2.55. The Balaban J connectivity index is 2.12. The van der Waals surface area contributed by atoms with Crippen molar-refractivity contribution in [2.45, 2.75) is 39.7 Å². The predicted octanol–water partition coefficient (Wildman–Crippen LogP) is 2.09. The standard InChI is InChI=1S/C19H29N3O3/c1-13(2)21-17(23)16-6-5-15(11-14(16)3)22-18(24)19(12-25-4)7-9-20-10-8-19/h5-6,11,13,20H,7-10,12H2,1-4H3,(H,21,23)(H,22,24). The molecule has 1 aromatic carbocycles. The van der Waals surface area contributed by atoms with Crippen molar-refractivity contribution in [2.24, 2.45) is 5.41 Å². The molecule has 0 aliphatic carbocycles. The van der Waals surface area contributed by atoms with Crippen LogP contribution in [0.2, 0.25) is 0 Å². The molecule has 2 amide bonds. The van der Waals surface area contributed by atoms with Crippen LogP contribution in [0.1, 0.15) is 42.6 Å². The molecule has 1 aromatic rings. The number of ether oxygens (including phenoxy) is 1. The third kappa shape index (κ3) is 4.80. The predicted molar refractivity (Wildman–Crippen MR) is 98.8 cm³/mol. The van der Waals surface area contributed by atoms with E-state index in [0.717, 1.165) is 31.5 Å². The Hall–Kier alpha value is -1.92. The number of hydrogen-bond donors (Lipinski definition) is 3. The molecule has 6 nitrogen and oxygen atoms in total. The van der Waals surface area contributed by atoms with Crippen molar-refractivity contribution in [3.05, 3.63) is 29.3 Å². The lowest BCUT2D eigenvalue weighted by Gasteiger charge is -2.35. The molecular weight excluding hydrogens is 318 g/mol. The van der Waals surface area contributed by atoms with Gasteiger partial charge in [0, 0.05) is 24.4 Å². The van der Waals surface area contributed by atoms with Crippen molar-refractivity contribution in [1.29, 1.82) is 0 Å². The largest absolute Gasteiger partial charge is 0.384 e. The number of benzene rings is 1. The monoisotopic (exact) mass is 347 g/mol. The third-order valence-electron chi connectivity index (χ3n) is 4.61. The molecule has 0 radical (unpaired) electrons. The van der Waals surface area contributed by atoms with Gasteiger partial charge in [-0.05, 0) is 70.5 Å². The van der Waals surface area contributed by atoms with Gasteiger partial charge in [-0.1, -0.05) is 0 Å². The van der Waals surface area contributed by atoms with Crippen LogP contribution in [-0.2, 0) is 9.53 Å². The summed E-state index contributed by atoms with van der Waals surface area (Å²) in [5.74, 6) is -0.116. The number of aryl methyl sites for hydroxylation is 1. The van der Waals surface area contributed by atoms with Crippen molar-refractivity contribution in [1.82, 2.24) is 10.6 Å². The molecule has 6 heteroatoms. The van der Waals surface area contributed by atoms with Crippen molar-refractivity contribution in [2.75, 3.05) is 32.1 Å². The average molecular weight is 347 g/mol. The fourth-order valence-corrected chi connectivity index (χ4v) is 3.22. The number of hydrogen-bond acceptors (Lipinski definition) is 4. The fraction of sp³-hybridized carbons (Fsp3) is 0.579. The smallest absolute Gasteiger partial charge is 0.251 e. The molecule has 0 saturated carbocycles. The number of methoxy groups -OCH3 is 1. The van der Waals surface area contributed by atoms with Gasteiger partial charge >= 0.3 is 0 Å². The minimum Gasteiger partial charge on any atom is -0.384 e. The van der Waals surface area contributed by atoms with Gasteiger partial charge in [0.05, 0.1) is 12.0 Å². The minimum atomic E-state index is -0.498. The maximum Gasteiger partial charge on any atom is 0.251 e. The number of carbonyl (C=O) groups is 2. The van der Waals surface area contributed by atoms with Gasteiger partial charge in [0.25, 0.3) is 5.91 Å². The molecule has 2 rings (SSSR count). The van der Waals surface area contributed by atoms with E-state index < -0.39 is 5.41 Å². The van der Waals surface area contributed by atoms with Gasteiger partial charge in [0.15, 0.2) is 0 Å². The number of anilines is 1.